The first kappa shape index (κ1) is 20.6. The number of carbonyl (C=O) groups excluding carboxylic acids is 1. The van der Waals surface area contributed by atoms with Gasteiger partial charge in [0.1, 0.15) is 5.75 Å². The number of esters is 1. The molecule has 4 bridgehead atoms. The van der Waals surface area contributed by atoms with Crippen LogP contribution in [0.15, 0.2) is 42.5 Å². The fourth-order valence-electron chi connectivity index (χ4n) is 6.79. The zero-order valence-corrected chi connectivity index (χ0v) is 18.7. The highest BCUT2D eigenvalue weighted by Crippen LogP contribution is 2.62. The van der Waals surface area contributed by atoms with Gasteiger partial charge in [0, 0.05) is 22.2 Å². The van der Waals surface area contributed by atoms with Gasteiger partial charge >= 0.3 is 5.97 Å². The molecular formula is C27H29ClO3. The van der Waals surface area contributed by atoms with Crippen molar-refractivity contribution in [2.24, 2.45) is 17.8 Å². The Morgan fingerprint density at radius 2 is 1.77 bits per heavy atom. The molecule has 0 amide bonds. The highest BCUT2D eigenvalue weighted by molar-refractivity contribution is 6.33. The maximum atomic E-state index is 11.6. The molecule has 0 aliphatic heterocycles. The highest BCUT2D eigenvalue weighted by Gasteiger charge is 2.52. The van der Waals surface area contributed by atoms with E-state index in [2.05, 4.69) is 6.07 Å². The maximum Gasteiger partial charge on any atom is 0.330 e. The quantitative estimate of drug-likeness (QED) is 0.416. The summed E-state index contributed by atoms with van der Waals surface area (Å²) in [4.78, 5) is 11.6. The molecule has 162 valence electrons. The lowest BCUT2D eigenvalue weighted by atomic mass is 9.48. The van der Waals surface area contributed by atoms with Crippen LogP contribution in [-0.4, -0.2) is 17.7 Å². The number of carbonyl (C=O) groups is 1. The lowest BCUT2D eigenvalue weighted by Gasteiger charge is -2.57. The topological polar surface area (TPSA) is 46.5 Å². The number of aromatic hydroxyl groups is 1. The summed E-state index contributed by atoms with van der Waals surface area (Å²) in [7, 11) is 0. The molecule has 0 saturated heterocycles. The van der Waals surface area contributed by atoms with E-state index in [-0.39, 0.29) is 11.4 Å². The van der Waals surface area contributed by atoms with Crippen molar-refractivity contribution >= 4 is 23.6 Å². The van der Waals surface area contributed by atoms with Crippen LogP contribution in [0.3, 0.4) is 0 Å². The summed E-state index contributed by atoms with van der Waals surface area (Å²) in [5.74, 6) is 2.53. The number of halogens is 1. The van der Waals surface area contributed by atoms with Crippen molar-refractivity contribution in [2.75, 3.05) is 6.61 Å². The van der Waals surface area contributed by atoms with Gasteiger partial charge in [-0.1, -0.05) is 29.8 Å². The monoisotopic (exact) mass is 436 g/mol. The fraction of sp³-hybridized carbons (Fsp3) is 0.444. The summed E-state index contributed by atoms with van der Waals surface area (Å²) >= 11 is 6.64. The van der Waals surface area contributed by atoms with Crippen LogP contribution in [0.4, 0.5) is 0 Å². The molecule has 4 aliphatic carbocycles. The van der Waals surface area contributed by atoms with Crippen LogP contribution in [0, 0.1) is 17.8 Å². The third-order valence-corrected chi connectivity index (χ3v) is 7.92. The Hall–Kier alpha value is -2.26. The average molecular weight is 437 g/mol. The number of rotatable bonds is 5. The molecule has 0 aromatic heterocycles. The molecule has 4 aliphatic rings. The van der Waals surface area contributed by atoms with Crippen molar-refractivity contribution in [3.8, 4) is 16.9 Å². The largest absolute Gasteiger partial charge is 0.508 e. The summed E-state index contributed by atoms with van der Waals surface area (Å²) in [5.41, 5.74) is 4.08. The van der Waals surface area contributed by atoms with Crippen molar-refractivity contribution in [1.29, 1.82) is 0 Å². The van der Waals surface area contributed by atoms with Crippen molar-refractivity contribution in [3.05, 3.63) is 58.6 Å². The molecule has 2 aromatic rings. The van der Waals surface area contributed by atoms with Gasteiger partial charge in [-0.25, -0.2) is 4.79 Å². The highest BCUT2D eigenvalue weighted by atomic mass is 35.5. The van der Waals surface area contributed by atoms with E-state index in [1.165, 1.54) is 44.6 Å². The Balaban J connectivity index is 1.45. The van der Waals surface area contributed by atoms with Gasteiger partial charge in [0.05, 0.1) is 6.61 Å². The second-order valence-corrected chi connectivity index (χ2v) is 10.2. The van der Waals surface area contributed by atoms with E-state index in [0.29, 0.717) is 17.4 Å². The molecular weight excluding hydrogens is 408 g/mol. The van der Waals surface area contributed by atoms with Crippen molar-refractivity contribution in [3.63, 3.8) is 0 Å². The number of hydrogen-bond acceptors (Lipinski definition) is 3. The van der Waals surface area contributed by atoms with Gasteiger partial charge in [0.15, 0.2) is 0 Å². The van der Waals surface area contributed by atoms with Gasteiger partial charge in [-0.05, 0) is 104 Å². The van der Waals surface area contributed by atoms with Gasteiger partial charge in [-0.2, -0.15) is 0 Å². The van der Waals surface area contributed by atoms with Crippen LogP contribution in [0.5, 0.6) is 5.75 Å². The minimum absolute atomic E-state index is 0.129. The second kappa shape index (κ2) is 8.02. The van der Waals surface area contributed by atoms with E-state index >= 15 is 0 Å². The van der Waals surface area contributed by atoms with Crippen molar-refractivity contribution in [2.45, 2.75) is 50.9 Å². The lowest BCUT2D eigenvalue weighted by Crippen LogP contribution is -2.48. The molecule has 0 unspecified atom stereocenters. The summed E-state index contributed by atoms with van der Waals surface area (Å²) in [6.45, 7) is 2.14. The molecule has 4 saturated carbocycles. The van der Waals surface area contributed by atoms with E-state index in [9.17, 15) is 9.90 Å². The van der Waals surface area contributed by atoms with Crippen LogP contribution >= 0.6 is 11.6 Å². The minimum Gasteiger partial charge on any atom is -0.508 e. The minimum atomic E-state index is -0.360. The smallest absolute Gasteiger partial charge is 0.330 e. The molecule has 0 spiro atoms. The molecule has 0 atom stereocenters. The lowest BCUT2D eigenvalue weighted by molar-refractivity contribution is -0.137. The second-order valence-electron chi connectivity index (χ2n) is 9.75. The zero-order chi connectivity index (χ0) is 21.6. The fourth-order valence-corrected chi connectivity index (χ4v) is 7.09. The van der Waals surface area contributed by atoms with E-state index in [1.807, 2.05) is 30.3 Å². The normalized spacial score (nSPS) is 28.9. The Kier molecular flexibility index (Phi) is 5.34. The van der Waals surface area contributed by atoms with E-state index in [0.717, 1.165) is 40.0 Å². The Morgan fingerprint density at radius 1 is 1.10 bits per heavy atom. The summed E-state index contributed by atoms with van der Waals surface area (Å²) in [6, 6.07) is 11.8. The SMILES string of the molecule is CCOC(=O)C=Cc1ccc(-c2ccc(O)c(C34CC5CC(CC(C5)C3)C4)c2)c(Cl)c1. The first-order valence-electron chi connectivity index (χ1n) is 11.4. The molecule has 4 heteroatoms. The third-order valence-electron chi connectivity index (χ3n) is 7.61. The van der Waals surface area contributed by atoms with Crippen molar-refractivity contribution in [1.82, 2.24) is 0 Å². The third kappa shape index (κ3) is 3.89. The Morgan fingerprint density at radius 3 is 2.39 bits per heavy atom. The van der Waals surface area contributed by atoms with Crippen molar-refractivity contribution < 1.29 is 14.6 Å². The van der Waals surface area contributed by atoms with E-state index in [1.54, 1.807) is 13.0 Å². The number of benzene rings is 2. The Bertz CT molecular complexity index is 1000. The molecule has 2 aromatic carbocycles. The van der Waals surface area contributed by atoms with Gasteiger partial charge in [-0.3, -0.25) is 0 Å². The van der Waals surface area contributed by atoms with Gasteiger partial charge in [0.2, 0.25) is 0 Å². The molecule has 1 N–H and O–H groups in total. The predicted molar refractivity (Wildman–Crippen MR) is 124 cm³/mol. The molecule has 31 heavy (non-hydrogen) atoms. The standard InChI is InChI=1S/C27H29ClO3/c1-2-31-26(30)8-4-17-3-6-22(24(28)12-17)21-5-7-25(29)23(13-21)27-14-18-9-19(15-27)11-20(10-18)16-27/h3-8,12-13,18-20,29H,2,9-11,14-16H2,1H3. The van der Waals surface area contributed by atoms with Crippen LogP contribution < -0.4 is 0 Å². The Labute approximate surface area is 189 Å². The molecule has 3 nitrogen and oxygen atoms in total. The molecule has 6 rings (SSSR count). The average Bonchev–Trinajstić information content (AvgIpc) is 2.72. The van der Waals surface area contributed by atoms with Crippen LogP contribution in [0.25, 0.3) is 17.2 Å². The predicted octanol–water partition coefficient (Wildman–Crippen LogP) is 6.76. The summed E-state index contributed by atoms with van der Waals surface area (Å²) < 4.78 is 4.93. The molecule has 0 heterocycles. The number of ether oxygens (including phenoxy) is 1. The number of phenols is 1. The van der Waals surface area contributed by atoms with Crippen LogP contribution in [0.1, 0.15) is 56.6 Å². The molecule has 0 radical (unpaired) electrons. The summed E-state index contributed by atoms with van der Waals surface area (Å²) in [6.07, 6.45) is 10.9. The zero-order valence-electron chi connectivity index (χ0n) is 17.9. The van der Waals surface area contributed by atoms with E-state index < -0.39 is 0 Å². The van der Waals surface area contributed by atoms with Crippen LogP contribution in [0.2, 0.25) is 5.02 Å². The van der Waals surface area contributed by atoms with Gasteiger partial charge in [-0.15, -0.1) is 0 Å². The number of phenolic OH excluding ortho intramolecular Hbond substituents is 1. The molecule has 4 fully saturated rings. The maximum absolute atomic E-state index is 11.6. The van der Waals surface area contributed by atoms with E-state index in [4.69, 9.17) is 16.3 Å². The van der Waals surface area contributed by atoms with Gasteiger partial charge in [0.25, 0.3) is 0 Å². The first-order chi connectivity index (χ1) is 15.0. The first-order valence-corrected chi connectivity index (χ1v) is 11.8. The number of hydrogen-bond donors (Lipinski definition) is 1. The summed E-state index contributed by atoms with van der Waals surface area (Å²) in [5, 5.41) is 11.5. The van der Waals surface area contributed by atoms with Crippen LogP contribution in [-0.2, 0) is 14.9 Å². The van der Waals surface area contributed by atoms with Gasteiger partial charge < -0.3 is 9.84 Å².